The molecule has 0 spiro atoms. The topological polar surface area (TPSA) is 75.3 Å². The third-order valence-corrected chi connectivity index (χ3v) is 3.46. The molecule has 4 N–H and O–H groups in total. The quantitative estimate of drug-likeness (QED) is 0.727. The average molecular weight is 329 g/mol. The van der Waals surface area contributed by atoms with Gasteiger partial charge in [-0.1, -0.05) is 13.8 Å². The van der Waals surface area contributed by atoms with Gasteiger partial charge in [-0.05, 0) is 53.4 Å². The number of hydrogen-bond donors (Lipinski definition) is 3. The fraction of sp³-hybridized carbons (Fsp3) is 0.500. The van der Waals surface area contributed by atoms with E-state index < -0.39 is 5.60 Å². The Balaban J connectivity index is 2.62. The number of carbonyl (C=O) groups is 1. The zero-order chi connectivity index (χ0) is 14.6. The van der Waals surface area contributed by atoms with E-state index in [-0.39, 0.29) is 12.5 Å². The molecule has 1 aromatic rings. The Morgan fingerprint density at radius 3 is 2.68 bits per heavy atom. The van der Waals surface area contributed by atoms with Crippen LogP contribution in [0.3, 0.4) is 0 Å². The lowest BCUT2D eigenvalue weighted by Gasteiger charge is -2.25. The van der Waals surface area contributed by atoms with E-state index in [2.05, 4.69) is 21.2 Å². The fourth-order valence-corrected chi connectivity index (χ4v) is 2.26. The molecule has 106 valence electrons. The Bertz CT molecular complexity index is 459. The zero-order valence-corrected chi connectivity index (χ0v) is 13.1. The molecule has 0 saturated heterocycles. The summed E-state index contributed by atoms with van der Waals surface area (Å²) in [5, 5.41) is 12.9. The standard InChI is InChI=1S/C14H21BrN2O2/c1-9(2)7-14(3,19)8-17-13(18)10-4-5-11(15)12(16)6-10/h4-6,9,19H,7-8,16H2,1-3H3,(H,17,18). The molecule has 0 aliphatic carbocycles. The van der Waals surface area contributed by atoms with Gasteiger partial charge in [0.05, 0.1) is 5.60 Å². The van der Waals surface area contributed by atoms with Crippen LogP contribution in [0.2, 0.25) is 0 Å². The highest BCUT2D eigenvalue weighted by Crippen LogP contribution is 2.20. The van der Waals surface area contributed by atoms with E-state index in [1.54, 1.807) is 25.1 Å². The van der Waals surface area contributed by atoms with E-state index in [1.165, 1.54) is 0 Å². The maximum Gasteiger partial charge on any atom is 0.251 e. The van der Waals surface area contributed by atoms with E-state index >= 15 is 0 Å². The molecule has 0 heterocycles. The van der Waals surface area contributed by atoms with Crippen LogP contribution >= 0.6 is 15.9 Å². The van der Waals surface area contributed by atoms with E-state index in [0.29, 0.717) is 23.6 Å². The number of amides is 1. The largest absolute Gasteiger partial charge is 0.398 e. The van der Waals surface area contributed by atoms with Gasteiger partial charge in [0.15, 0.2) is 0 Å². The van der Waals surface area contributed by atoms with Crippen LogP contribution in [-0.4, -0.2) is 23.2 Å². The molecule has 0 radical (unpaired) electrons. The molecule has 1 atom stereocenters. The van der Waals surface area contributed by atoms with Crippen LogP contribution in [0.15, 0.2) is 22.7 Å². The molecule has 4 nitrogen and oxygen atoms in total. The highest BCUT2D eigenvalue weighted by atomic mass is 79.9. The second-order valence-electron chi connectivity index (χ2n) is 5.51. The minimum Gasteiger partial charge on any atom is -0.398 e. The summed E-state index contributed by atoms with van der Waals surface area (Å²) in [7, 11) is 0. The third-order valence-electron chi connectivity index (χ3n) is 2.74. The maximum absolute atomic E-state index is 11.9. The smallest absolute Gasteiger partial charge is 0.251 e. The van der Waals surface area contributed by atoms with Crippen LogP contribution < -0.4 is 11.1 Å². The van der Waals surface area contributed by atoms with E-state index in [9.17, 15) is 9.90 Å². The van der Waals surface area contributed by atoms with Crippen molar-refractivity contribution in [2.75, 3.05) is 12.3 Å². The molecule has 1 amide bonds. The van der Waals surface area contributed by atoms with Gasteiger partial charge >= 0.3 is 0 Å². The Kier molecular flexibility index (Phi) is 5.38. The van der Waals surface area contributed by atoms with Gasteiger partial charge in [-0.2, -0.15) is 0 Å². The van der Waals surface area contributed by atoms with Gasteiger partial charge in [-0.3, -0.25) is 4.79 Å². The molecule has 0 fully saturated rings. The molecular weight excluding hydrogens is 308 g/mol. The molecule has 1 unspecified atom stereocenters. The van der Waals surface area contributed by atoms with Gasteiger partial charge in [0, 0.05) is 22.3 Å². The summed E-state index contributed by atoms with van der Waals surface area (Å²) in [5.74, 6) is 0.137. The van der Waals surface area contributed by atoms with E-state index in [1.807, 2.05) is 13.8 Å². The second-order valence-corrected chi connectivity index (χ2v) is 6.37. The number of carbonyl (C=O) groups excluding carboxylic acids is 1. The van der Waals surface area contributed by atoms with Crippen LogP contribution in [-0.2, 0) is 0 Å². The van der Waals surface area contributed by atoms with Crippen molar-refractivity contribution in [2.45, 2.75) is 32.8 Å². The first-order valence-corrected chi connectivity index (χ1v) is 7.06. The van der Waals surface area contributed by atoms with Gasteiger partial charge < -0.3 is 16.2 Å². The van der Waals surface area contributed by atoms with Gasteiger partial charge in [0.2, 0.25) is 0 Å². The number of nitrogens with two attached hydrogens (primary N) is 1. The summed E-state index contributed by atoms with van der Waals surface area (Å²) in [5.41, 5.74) is 5.83. The number of hydrogen-bond acceptors (Lipinski definition) is 3. The van der Waals surface area contributed by atoms with Gasteiger partial charge in [0.25, 0.3) is 5.91 Å². The van der Waals surface area contributed by atoms with Gasteiger partial charge in [0.1, 0.15) is 0 Å². The molecule has 0 bridgehead atoms. The molecule has 5 heteroatoms. The Morgan fingerprint density at radius 2 is 2.16 bits per heavy atom. The first-order valence-electron chi connectivity index (χ1n) is 6.27. The fourth-order valence-electron chi connectivity index (χ4n) is 2.01. The summed E-state index contributed by atoms with van der Waals surface area (Å²) in [6.07, 6.45) is 0.635. The Morgan fingerprint density at radius 1 is 1.53 bits per heavy atom. The van der Waals surface area contributed by atoms with Crippen molar-refractivity contribution in [3.63, 3.8) is 0 Å². The van der Waals surface area contributed by atoms with Crippen LogP contribution in [0.25, 0.3) is 0 Å². The summed E-state index contributed by atoms with van der Waals surface area (Å²) in [4.78, 5) is 11.9. The first kappa shape index (κ1) is 16.0. The number of aliphatic hydroxyl groups is 1. The van der Waals surface area contributed by atoms with Crippen LogP contribution in [0.5, 0.6) is 0 Å². The summed E-state index contributed by atoms with van der Waals surface area (Å²) < 4.78 is 0.760. The van der Waals surface area contributed by atoms with Crippen molar-refractivity contribution in [3.05, 3.63) is 28.2 Å². The molecule has 0 aromatic heterocycles. The first-order chi connectivity index (χ1) is 8.71. The van der Waals surface area contributed by atoms with E-state index in [0.717, 1.165) is 4.47 Å². The molecule has 0 aliphatic rings. The lowest BCUT2D eigenvalue weighted by Crippen LogP contribution is -2.41. The normalized spacial score (nSPS) is 14.2. The minimum absolute atomic E-state index is 0.222. The highest BCUT2D eigenvalue weighted by molar-refractivity contribution is 9.10. The lowest BCUT2D eigenvalue weighted by atomic mass is 9.94. The van der Waals surface area contributed by atoms with Crippen LogP contribution in [0, 0.1) is 5.92 Å². The van der Waals surface area contributed by atoms with Crippen molar-refractivity contribution in [3.8, 4) is 0 Å². The average Bonchev–Trinajstić information content (AvgIpc) is 2.28. The van der Waals surface area contributed by atoms with Crippen molar-refractivity contribution >= 4 is 27.5 Å². The van der Waals surface area contributed by atoms with Crippen molar-refractivity contribution in [1.82, 2.24) is 5.32 Å². The predicted molar refractivity (Wildman–Crippen MR) is 81.0 cm³/mol. The van der Waals surface area contributed by atoms with Crippen molar-refractivity contribution < 1.29 is 9.90 Å². The number of halogens is 1. The highest BCUT2D eigenvalue weighted by Gasteiger charge is 2.22. The number of benzene rings is 1. The Labute approximate surface area is 122 Å². The third kappa shape index (κ3) is 5.20. The number of anilines is 1. The van der Waals surface area contributed by atoms with E-state index in [4.69, 9.17) is 5.73 Å². The van der Waals surface area contributed by atoms with Gasteiger partial charge in [-0.25, -0.2) is 0 Å². The van der Waals surface area contributed by atoms with Crippen LogP contribution in [0.4, 0.5) is 5.69 Å². The maximum atomic E-state index is 11.9. The monoisotopic (exact) mass is 328 g/mol. The van der Waals surface area contributed by atoms with Crippen LogP contribution in [0.1, 0.15) is 37.6 Å². The summed E-state index contributed by atoms with van der Waals surface area (Å²) >= 11 is 3.28. The molecule has 1 rings (SSSR count). The SMILES string of the molecule is CC(C)CC(C)(O)CNC(=O)c1ccc(Br)c(N)c1. The summed E-state index contributed by atoms with van der Waals surface area (Å²) in [6.45, 7) is 6.01. The number of nitrogens with one attached hydrogen (secondary N) is 1. The molecule has 0 saturated carbocycles. The number of rotatable bonds is 5. The lowest BCUT2D eigenvalue weighted by molar-refractivity contribution is 0.0368. The number of nitrogen functional groups attached to an aromatic ring is 1. The molecular formula is C14H21BrN2O2. The molecule has 19 heavy (non-hydrogen) atoms. The van der Waals surface area contributed by atoms with Gasteiger partial charge in [-0.15, -0.1) is 0 Å². The zero-order valence-electron chi connectivity index (χ0n) is 11.5. The predicted octanol–water partition coefficient (Wildman–Crippen LogP) is 2.56. The second kappa shape index (κ2) is 6.39. The Hall–Kier alpha value is -1.07. The van der Waals surface area contributed by atoms with Crippen molar-refractivity contribution in [1.29, 1.82) is 0 Å². The van der Waals surface area contributed by atoms with Crippen molar-refractivity contribution in [2.24, 2.45) is 5.92 Å². The summed E-state index contributed by atoms with van der Waals surface area (Å²) in [6, 6.07) is 5.03. The minimum atomic E-state index is -0.898. The molecule has 0 aliphatic heterocycles. The molecule has 1 aromatic carbocycles.